The van der Waals surface area contributed by atoms with Gasteiger partial charge in [0.15, 0.2) is 0 Å². The first-order valence-corrected chi connectivity index (χ1v) is 7.18. The van der Waals surface area contributed by atoms with Gasteiger partial charge in [-0.15, -0.1) is 0 Å². The molecule has 1 aliphatic rings. The number of allylic oxidation sites excluding steroid dienone is 1. The third-order valence-corrected chi connectivity index (χ3v) is 4.06. The highest BCUT2D eigenvalue weighted by molar-refractivity contribution is 5.84. The molecule has 3 rings (SSSR count). The average Bonchev–Trinajstić information content (AvgIpc) is 2.59. The van der Waals surface area contributed by atoms with Crippen molar-refractivity contribution in [2.24, 2.45) is 0 Å². The summed E-state index contributed by atoms with van der Waals surface area (Å²) in [6.45, 7) is 4.45. The van der Waals surface area contributed by atoms with Crippen molar-refractivity contribution >= 4 is 5.57 Å². The fourth-order valence-electron chi connectivity index (χ4n) is 3.12. The third-order valence-electron chi connectivity index (χ3n) is 4.06. The van der Waals surface area contributed by atoms with Crippen molar-refractivity contribution in [3.05, 3.63) is 76.4 Å². The average molecular weight is 248 g/mol. The van der Waals surface area contributed by atoms with Crippen LogP contribution in [0.1, 0.15) is 41.2 Å². The Morgan fingerprint density at radius 3 is 2.58 bits per heavy atom. The summed E-state index contributed by atoms with van der Waals surface area (Å²) in [5.41, 5.74) is 8.72. The van der Waals surface area contributed by atoms with Crippen molar-refractivity contribution in [2.75, 3.05) is 0 Å². The van der Waals surface area contributed by atoms with Crippen LogP contribution in [0.2, 0.25) is 0 Å². The highest BCUT2D eigenvalue weighted by atomic mass is 14.2. The van der Waals surface area contributed by atoms with Crippen molar-refractivity contribution in [3.8, 4) is 0 Å². The van der Waals surface area contributed by atoms with Crippen molar-refractivity contribution in [1.82, 2.24) is 0 Å². The maximum absolute atomic E-state index is 2.38. The normalized spacial score (nSPS) is 15.8. The van der Waals surface area contributed by atoms with E-state index in [-0.39, 0.29) is 0 Å². The van der Waals surface area contributed by atoms with Crippen molar-refractivity contribution in [3.63, 3.8) is 0 Å². The summed E-state index contributed by atoms with van der Waals surface area (Å²) in [4.78, 5) is 0. The van der Waals surface area contributed by atoms with Gasteiger partial charge in [-0.3, -0.25) is 0 Å². The van der Waals surface area contributed by atoms with Crippen LogP contribution in [0, 0.1) is 6.92 Å². The van der Waals surface area contributed by atoms with Gasteiger partial charge in [0.05, 0.1) is 0 Å². The zero-order chi connectivity index (χ0) is 13.2. The standard InChI is InChI=1S/C19H20/c1-3-7-18-17-10-5-4-9-15(17)12-13-16-14(2)8-6-11-19(16)18/h4-11H,3,12-13H2,1-2H3. The highest BCUT2D eigenvalue weighted by Crippen LogP contribution is 2.34. The van der Waals surface area contributed by atoms with Crippen LogP contribution < -0.4 is 0 Å². The molecule has 1 aliphatic carbocycles. The molecule has 96 valence electrons. The van der Waals surface area contributed by atoms with Gasteiger partial charge >= 0.3 is 0 Å². The molecule has 0 bridgehead atoms. The minimum Gasteiger partial charge on any atom is -0.0763 e. The summed E-state index contributed by atoms with van der Waals surface area (Å²) in [6, 6.07) is 15.6. The highest BCUT2D eigenvalue weighted by Gasteiger charge is 2.18. The molecule has 0 spiro atoms. The lowest BCUT2D eigenvalue weighted by atomic mass is 9.91. The maximum atomic E-state index is 2.38. The van der Waals surface area contributed by atoms with Gasteiger partial charge in [-0.2, -0.15) is 0 Å². The number of rotatable bonds is 1. The van der Waals surface area contributed by atoms with E-state index in [1.165, 1.54) is 33.4 Å². The molecule has 0 fully saturated rings. The molecular weight excluding hydrogens is 228 g/mol. The van der Waals surface area contributed by atoms with E-state index in [1.54, 1.807) is 0 Å². The molecule has 0 saturated carbocycles. The van der Waals surface area contributed by atoms with E-state index >= 15 is 0 Å². The van der Waals surface area contributed by atoms with Gasteiger partial charge in [-0.1, -0.05) is 55.5 Å². The van der Waals surface area contributed by atoms with Crippen LogP contribution in [0.15, 0.2) is 48.5 Å². The van der Waals surface area contributed by atoms with E-state index in [0.29, 0.717) is 0 Å². The molecule has 0 N–H and O–H groups in total. The minimum atomic E-state index is 1.08. The Balaban J connectivity index is 2.27. The second kappa shape index (κ2) is 5.05. The minimum absolute atomic E-state index is 1.08. The van der Waals surface area contributed by atoms with Crippen LogP contribution in [-0.4, -0.2) is 0 Å². The number of aryl methyl sites for hydroxylation is 2. The Hall–Kier alpha value is -1.82. The largest absolute Gasteiger partial charge is 0.0763 e. The quantitative estimate of drug-likeness (QED) is 0.671. The summed E-state index contributed by atoms with van der Waals surface area (Å²) >= 11 is 0. The molecule has 0 nitrogen and oxygen atoms in total. The number of fused-ring (bicyclic) bond motifs is 2. The van der Waals surface area contributed by atoms with Crippen molar-refractivity contribution in [2.45, 2.75) is 33.1 Å². The van der Waals surface area contributed by atoms with Crippen LogP contribution in [-0.2, 0) is 12.8 Å². The molecule has 0 aliphatic heterocycles. The first-order chi connectivity index (χ1) is 9.31. The molecular formula is C19H20. The van der Waals surface area contributed by atoms with Crippen LogP contribution in [0.25, 0.3) is 5.57 Å². The van der Waals surface area contributed by atoms with E-state index < -0.39 is 0 Å². The lowest BCUT2D eigenvalue weighted by molar-refractivity contribution is 0.954. The van der Waals surface area contributed by atoms with Crippen LogP contribution in [0.3, 0.4) is 0 Å². The molecule has 0 aromatic heterocycles. The van der Waals surface area contributed by atoms with Gasteiger partial charge in [0.2, 0.25) is 0 Å². The lowest BCUT2D eigenvalue weighted by Crippen LogP contribution is -1.95. The summed E-state index contributed by atoms with van der Waals surface area (Å²) in [6.07, 6.45) is 5.76. The zero-order valence-corrected chi connectivity index (χ0v) is 11.7. The fraction of sp³-hybridized carbons (Fsp3) is 0.263. The molecule has 0 heterocycles. The predicted octanol–water partition coefficient (Wildman–Crippen LogP) is 4.94. The Morgan fingerprint density at radius 2 is 1.74 bits per heavy atom. The van der Waals surface area contributed by atoms with Crippen LogP contribution in [0.4, 0.5) is 0 Å². The number of hydrogen-bond donors (Lipinski definition) is 0. The topological polar surface area (TPSA) is 0 Å². The van der Waals surface area contributed by atoms with Gasteiger partial charge in [0.1, 0.15) is 0 Å². The molecule has 0 unspecified atom stereocenters. The van der Waals surface area contributed by atoms with E-state index in [9.17, 15) is 0 Å². The third kappa shape index (κ3) is 2.12. The zero-order valence-electron chi connectivity index (χ0n) is 11.7. The van der Waals surface area contributed by atoms with Gasteiger partial charge in [0, 0.05) is 0 Å². The Bertz CT molecular complexity index is 632. The van der Waals surface area contributed by atoms with E-state index in [2.05, 4.69) is 62.4 Å². The monoisotopic (exact) mass is 248 g/mol. The smallest absolute Gasteiger partial charge is 0.0146 e. The van der Waals surface area contributed by atoms with Gasteiger partial charge < -0.3 is 0 Å². The van der Waals surface area contributed by atoms with E-state index in [1.807, 2.05) is 0 Å². The molecule has 19 heavy (non-hydrogen) atoms. The number of hydrogen-bond acceptors (Lipinski definition) is 0. The Morgan fingerprint density at radius 1 is 0.947 bits per heavy atom. The fourth-order valence-corrected chi connectivity index (χ4v) is 3.12. The Labute approximate surface area is 115 Å². The molecule has 0 radical (unpaired) electrons. The SMILES string of the molecule is CCC=C1c2ccccc2CCc2c(C)cccc21. The first-order valence-electron chi connectivity index (χ1n) is 7.18. The maximum Gasteiger partial charge on any atom is -0.0146 e. The summed E-state index contributed by atoms with van der Waals surface area (Å²) in [7, 11) is 0. The second-order valence-electron chi connectivity index (χ2n) is 5.28. The summed E-state index contributed by atoms with van der Waals surface area (Å²) in [5.74, 6) is 0. The van der Waals surface area contributed by atoms with Gasteiger partial charge in [0.25, 0.3) is 0 Å². The predicted molar refractivity (Wildman–Crippen MR) is 82.4 cm³/mol. The molecule has 0 amide bonds. The van der Waals surface area contributed by atoms with Crippen LogP contribution >= 0.6 is 0 Å². The van der Waals surface area contributed by atoms with E-state index in [0.717, 1.165) is 19.3 Å². The molecule has 0 heteroatoms. The van der Waals surface area contributed by atoms with Gasteiger partial charge in [-0.05, 0) is 59.6 Å². The summed E-state index contributed by atoms with van der Waals surface area (Å²) in [5, 5.41) is 0. The van der Waals surface area contributed by atoms with Crippen molar-refractivity contribution in [1.29, 1.82) is 0 Å². The molecule has 0 saturated heterocycles. The Kier molecular flexibility index (Phi) is 3.25. The molecule has 0 atom stereocenters. The molecule has 2 aromatic rings. The molecule has 2 aromatic carbocycles. The second-order valence-corrected chi connectivity index (χ2v) is 5.28. The summed E-state index contributed by atoms with van der Waals surface area (Å²) < 4.78 is 0. The lowest BCUT2D eigenvalue weighted by Gasteiger charge is -2.13. The first kappa shape index (κ1) is 12.2. The van der Waals surface area contributed by atoms with Crippen molar-refractivity contribution < 1.29 is 0 Å². The van der Waals surface area contributed by atoms with E-state index in [4.69, 9.17) is 0 Å². The van der Waals surface area contributed by atoms with Crippen LogP contribution in [0.5, 0.6) is 0 Å². The number of benzene rings is 2. The van der Waals surface area contributed by atoms with Gasteiger partial charge in [-0.25, -0.2) is 0 Å².